The van der Waals surface area contributed by atoms with Crippen LogP contribution in [-0.2, 0) is 0 Å². The van der Waals surface area contributed by atoms with Crippen molar-refractivity contribution in [2.45, 2.75) is 0 Å². The van der Waals surface area contributed by atoms with Crippen molar-refractivity contribution in [2.24, 2.45) is 10.7 Å². The Hall–Kier alpha value is -3.40. The van der Waals surface area contributed by atoms with Gasteiger partial charge in [-0.1, -0.05) is 12.0 Å². The standard InChI is InChI=1S/C16H11FN4O2/c1-2-10-4-3-5-11(6-10)20-9-19-16(18)12-7-15(21(22)23)13(17)8-14(12)20/h1,3-8H,9H2,(H2,18,19). The summed E-state index contributed by atoms with van der Waals surface area (Å²) >= 11 is 0. The minimum absolute atomic E-state index is 0.132. The number of halogens is 1. The van der Waals surface area contributed by atoms with Crippen LogP contribution in [0, 0.1) is 28.3 Å². The van der Waals surface area contributed by atoms with Crippen molar-refractivity contribution >= 4 is 22.9 Å². The Balaban J connectivity index is 2.17. The van der Waals surface area contributed by atoms with Gasteiger partial charge in [-0.15, -0.1) is 6.42 Å². The number of anilines is 2. The van der Waals surface area contributed by atoms with Gasteiger partial charge < -0.3 is 10.6 Å². The van der Waals surface area contributed by atoms with Gasteiger partial charge in [0.25, 0.3) is 0 Å². The molecule has 114 valence electrons. The van der Waals surface area contributed by atoms with E-state index in [4.69, 9.17) is 12.2 Å². The Bertz CT molecular complexity index is 886. The molecule has 0 fully saturated rings. The van der Waals surface area contributed by atoms with Crippen LogP contribution in [0.1, 0.15) is 11.1 Å². The third kappa shape index (κ3) is 2.46. The van der Waals surface area contributed by atoms with E-state index in [2.05, 4.69) is 10.9 Å². The summed E-state index contributed by atoms with van der Waals surface area (Å²) in [5.41, 5.74) is 7.26. The predicted molar refractivity (Wildman–Crippen MR) is 85.2 cm³/mol. The fourth-order valence-electron chi connectivity index (χ4n) is 2.41. The van der Waals surface area contributed by atoms with E-state index in [9.17, 15) is 14.5 Å². The maximum Gasteiger partial charge on any atom is 0.305 e. The molecule has 7 heteroatoms. The highest BCUT2D eigenvalue weighted by molar-refractivity contribution is 6.05. The van der Waals surface area contributed by atoms with Gasteiger partial charge in [-0.25, -0.2) is 4.99 Å². The van der Waals surface area contributed by atoms with Crippen LogP contribution in [0.2, 0.25) is 0 Å². The largest absolute Gasteiger partial charge is 0.383 e. The first-order valence-corrected chi connectivity index (χ1v) is 6.63. The molecule has 0 atom stereocenters. The molecule has 1 aliphatic rings. The van der Waals surface area contributed by atoms with Crippen LogP contribution in [0.15, 0.2) is 41.4 Å². The number of rotatable bonds is 2. The highest BCUT2D eigenvalue weighted by Crippen LogP contribution is 2.35. The summed E-state index contributed by atoms with van der Waals surface area (Å²) in [5, 5.41) is 10.9. The molecular formula is C16H11FN4O2. The number of amidine groups is 1. The maximum atomic E-state index is 14.0. The van der Waals surface area contributed by atoms with Crippen molar-refractivity contribution in [3.63, 3.8) is 0 Å². The van der Waals surface area contributed by atoms with Crippen LogP contribution in [-0.4, -0.2) is 17.4 Å². The molecule has 0 amide bonds. The molecule has 0 aromatic heterocycles. The Morgan fingerprint density at radius 3 is 2.87 bits per heavy atom. The zero-order valence-electron chi connectivity index (χ0n) is 11.9. The van der Waals surface area contributed by atoms with Gasteiger partial charge in [0.1, 0.15) is 12.5 Å². The van der Waals surface area contributed by atoms with Crippen molar-refractivity contribution in [1.82, 2.24) is 0 Å². The van der Waals surface area contributed by atoms with Gasteiger partial charge in [0.05, 0.1) is 10.6 Å². The molecular weight excluding hydrogens is 299 g/mol. The number of nitro benzene ring substituents is 1. The first-order valence-electron chi connectivity index (χ1n) is 6.63. The molecule has 0 aliphatic carbocycles. The number of terminal acetylenes is 1. The number of nitro groups is 1. The summed E-state index contributed by atoms with van der Waals surface area (Å²) in [4.78, 5) is 15.9. The summed E-state index contributed by atoms with van der Waals surface area (Å²) < 4.78 is 14.0. The van der Waals surface area contributed by atoms with E-state index in [1.54, 1.807) is 29.2 Å². The lowest BCUT2D eigenvalue weighted by atomic mass is 10.1. The number of nitrogens with zero attached hydrogens (tertiary/aromatic N) is 3. The number of aliphatic imine (C=N–C) groups is 1. The first-order chi connectivity index (χ1) is 11.0. The van der Waals surface area contributed by atoms with Crippen LogP contribution in [0.3, 0.4) is 0 Å². The summed E-state index contributed by atoms with van der Waals surface area (Å²) in [6.45, 7) is 0.171. The Morgan fingerprint density at radius 2 is 2.17 bits per heavy atom. The van der Waals surface area contributed by atoms with Gasteiger partial charge in [-0.05, 0) is 18.2 Å². The second-order valence-corrected chi connectivity index (χ2v) is 4.89. The van der Waals surface area contributed by atoms with Gasteiger partial charge in [-0.3, -0.25) is 10.1 Å². The topological polar surface area (TPSA) is 84.8 Å². The Morgan fingerprint density at radius 1 is 1.39 bits per heavy atom. The molecule has 0 spiro atoms. The minimum atomic E-state index is -0.929. The van der Waals surface area contributed by atoms with Crippen LogP contribution in [0.4, 0.5) is 21.5 Å². The molecule has 3 rings (SSSR count). The third-order valence-electron chi connectivity index (χ3n) is 3.54. The number of fused-ring (bicyclic) bond motifs is 1. The molecule has 0 radical (unpaired) electrons. The number of hydrogen-bond donors (Lipinski definition) is 1. The molecule has 23 heavy (non-hydrogen) atoms. The van der Waals surface area contributed by atoms with Crippen molar-refractivity contribution < 1.29 is 9.31 Å². The zero-order valence-corrected chi connectivity index (χ0v) is 11.9. The third-order valence-corrected chi connectivity index (χ3v) is 3.54. The number of nitrogens with two attached hydrogens (primary N) is 1. The van der Waals surface area contributed by atoms with Gasteiger partial charge in [0.15, 0.2) is 0 Å². The minimum Gasteiger partial charge on any atom is -0.383 e. The molecule has 2 N–H and O–H groups in total. The van der Waals surface area contributed by atoms with E-state index in [0.717, 1.165) is 12.1 Å². The summed E-state index contributed by atoms with van der Waals surface area (Å²) in [6.07, 6.45) is 5.39. The SMILES string of the molecule is C#Cc1cccc(N2CN=C(N)c3cc([N+](=O)[O-])c(F)cc32)c1. The predicted octanol–water partition coefficient (Wildman–Crippen LogP) is 2.53. The fourth-order valence-corrected chi connectivity index (χ4v) is 2.41. The smallest absolute Gasteiger partial charge is 0.305 e. The monoisotopic (exact) mass is 310 g/mol. The summed E-state index contributed by atoms with van der Waals surface area (Å²) in [6, 6.07) is 9.27. The molecule has 0 saturated heterocycles. The van der Waals surface area contributed by atoms with Crippen molar-refractivity contribution in [2.75, 3.05) is 11.6 Å². The normalized spacial score (nSPS) is 13.0. The molecule has 0 saturated carbocycles. The number of hydrogen-bond acceptors (Lipinski definition) is 5. The first kappa shape index (κ1) is 14.5. The second-order valence-electron chi connectivity index (χ2n) is 4.89. The zero-order chi connectivity index (χ0) is 16.6. The lowest BCUT2D eigenvalue weighted by molar-refractivity contribution is -0.387. The highest BCUT2D eigenvalue weighted by atomic mass is 19.1. The van der Waals surface area contributed by atoms with Crippen LogP contribution >= 0.6 is 0 Å². The van der Waals surface area contributed by atoms with Crippen molar-refractivity contribution in [3.05, 3.63) is 63.5 Å². The van der Waals surface area contributed by atoms with E-state index in [1.807, 2.05) is 0 Å². The quantitative estimate of drug-likeness (QED) is 0.525. The van der Waals surface area contributed by atoms with E-state index in [1.165, 1.54) is 0 Å². The number of benzene rings is 2. The fraction of sp³-hybridized carbons (Fsp3) is 0.0625. The van der Waals surface area contributed by atoms with Gasteiger partial charge in [0.2, 0.25) is 5.82 Å². The molecule has 0 bridgehead atoms. The Kier molecular flexibility index (Phi) is 3.43. The molecule has 2 aromatic rings. The average Bonchev–Trinajstić information content (AvgIpc) is 2.54. The second kappa shape index (κ2) is 5.42. The Labute approximate surface area is 131 Å². The molecule has 1 aliphatic heterocycles. The van der Waals surface area contributed by atoms with Crippen molar-refractivity contribution in [1.29, 1.82) is 0 Å². The maximum absolute atomic E-state index is 14.0. The van der Waals surface area contributed by atoms with Crippen LogP contribution in [0.25, 0.3) is 0 Å². The molecule has 1 heterocycles. The highest BCUT2D eigenvalue weighted by Gasteiger charge is 2.26. The van der Waals surface area contributed by atoms with E-state index in [-0.39, 0.29) is 12.5 Å². The lowest BCUT2D eigenvalue weighted by Crippen LogP contribution is -2.29. The van der Waals surface area contributed by atoms with Crippen LogP contribution in [0.5, 0.6) is 0 Å². The van der Waals surface area contributed by atoms with Gasteiger partial charge in [0, 0.05) is 28.9 Å². The average molecular weight is 310 g/mol. The van der Waals surface area contributed by atoms with Crippen molar-refractivity contribution in [3.8, 4) is 12.3 Å². The van der Waals surface area contributed by atoms with Gasteiger partial charge >= 0.3 is 5.69 Å². The molecule has 0 unspecified atom stereocenters. The summed E-state index contributed by atoms with van der Waals surface area (Å²) in [7, 11) is 0. The van der Waals surface area contributed by atoms with E-state index in [0.29, 0.717) is 22.5 Å². The van der Waals surface area contributed by atoms with Crippen LogP contribution < -0.4 is 10.6 Å². The van der Waals surface area contributed by atoms with Gasteiger partial charge in [-0.2, -0.15) is 4.39 Å². The molecule has 2 aromatic carbocycles. The lowest BCUT2D eigenvalue weighted by Gasteiger charge is -2.29. The van der Waals surface area contributed by atoms with E-state index < -0.39 is 16.4 Å². The molecule has 6 nitrogen and oxygen atoms in total. The van der Waals surface area contributed by atoms with E-state index >= 15 is 0 Å². The summed E-state index contributed by atoms with van der Waals surface area (Å²) in [5.74, 6) is 1.73.